The summed E-state index contributed by atoms with van der Waals surface area (Å²) >= 11 is 1.70. The normalized spacial score (nSPS) is 13.8. The van der Waals surface area contributed by atoms with Crippen LogP contribution in [-0.2, 0) is 17.1 Å². The average Bonchev–Trinajstić information content (AvgIpc) is 3.40. The van der Waals surface area contributed by atoms with Gasteiger partial charge in [0.1, 0.15) is 0 Å². The van der Waals surface area contributed by atoms with E-state index < -0.39 is 0 Å². The number of rotatable bonds is 7. The van der Waals surface area contributed by atoms with Gasteiger partial charge in [-0.1, -0.05) is 29.8 Å². The number of aromatic nitrogens is 1. The van der Waals surface area contributed by atoms with Gasteiger partial charge in [-0.15, -0.1) is 11.8 Å². The van der Waals surface area contributed by atoms with Gasteiger partial charge >= 0.3 is 0 Å². The molecule has 1 heterocycles. The van der Waals surface area contributed by atoms with Gasteiger partial charge in [0.25, 0.3) is 0 Å². The van der Waals surface area contributed by atoms with Crippen LogP contribution in [0, 0.1) is 6.92 Å². The fourth-order valence-electron chi connectivity index (χ4n) is 2.52. The second-order valence-corrected chi connectivity index (χ2v) is 7.07. The lowest BCUT2D eigenvalue weighted by atomic mass is 10.2. The Hall–Kier alpha value is -1.81. The highest BCUT2D eigenvalue weighted by atomic mass is 32.2. The molecule has 3 rings (SSSR count). The number of carbonyl (C=O) groups excluding carboxylic acids is 1. The molecule has 0 spiro atoms. The maximum atomic E-state index is 12.6. The average molecular weight is 326 g/mol. The Morgan fingerprint density at radius 1 is 1.13 bits per heavy atom. The lowest BCUT2D eigenvalue weighted by Crippen LogP contribution is -2.34. The maximum Gasteiger partial charge on any atom is 0.233 e. The van der Waals surface area contributed by atoms with Crippen LogP contribution in [-0.4, -0.2) is 27.6 Å². The topological polar surface area (TPSA) is 33.2 Å². The van der Waals surface area contributed by atoms with E-state index in [1.807, 2.05) is 17.0 Å². The Kier molecular flexibility index (Phi) is 5.34. The van der Waals surface area contributed by atoms with E-state index in [1.54, 1.807) is 24.2 Å². The van der Waals surface area contributed by atoms with E-state index >= 15 is 0 Å². The molecule has 0 bridgehead atoms. The van der Waals surface area contributed by atoms with E-state index in [0.717, 1.165) is 24.2 Å². The third-order valence-electron chi connectivity index (χ3n) is 4.03. The van der Waals surface area contributed by atoms with Gasteiger partial charge in [-0.3, -0.25) is 9.78 Å². The molecule has 120 valence electrons. The number of amides is 1. The van der Waals surface area contributed by atoms with Crippen LogP contribution in [0.5, 0.6) is 0 Å². The molecular weight excluding hydrogens is 304 g/mol. The minimum absolute atomic E-state index is 0.251. The molecule has 1 aromatic carbocycles. The van der Waals surface area contributed by atoms with Gasteiger partial charge in [-0.05, 0) is 43.0 Å². The van der Waals surface area contributed by atoms with Gasteiger partial charge in [0, 0.05) is 30.7 Å². The fourth-order valence-corrected chi connectivity index (χ4v) is 3.39. The Balaban J connectivity index is 1.51. The number of hydrogen-bond donors (Lipinski definition) is 0. The summed E-state index contributed by atoms with van der Waals surface area (Å²) in [6, 6.07) is 12.9. The molecule has 1 aromatic heterocycles. The summed E-state index contributed by atoms with van der Waals surface area (Å²) in [6.45, 7) is 2.80. The molecule has 3 nitrogen and oxygen atoms in total. The molecule has 2 aromatic rings. The molecule has 1 amide bonds. The highest BCUT2D eigenvalue weighted by Crippen LogP contribution is 2.29. The first-order valence-electron chi connectivity index (χ1n) is 8.04. The molecule has 0 unspecified atom stereocenters. The van der Waals surface area contributed by atoms with Crippen LogP contribution >= 0.6 is 11.8 Å². The van der Waals surface area contributed by atoms with Gasteiger partial charge in [-0.2, -0.15) is 0 Å². The summed E-state index contributed by atoms with van der Waals surface area (Å²) in [5.74, 6) is 1.69. The molecule has 0 atom stereocenters. The van der Waals surface area contributed by atoms with Crippen LogP contribution in [0.25, 0.3) is 0 Å². The monoisotopic (exact) mass is 326 g/mol. The predicted octanol–water partition coefficient (Wildman–Crippen LogP) is 3.81. The van der Waals surface area contributed by atoms with Crippen molar-refractivity contribution in [2.45, 2.75) is 38.1 Å². The quantitative estimate of drug-likeness (QED) is 0.775. The third kappa shape index (κ3) is 4.83. The van der Waals surface area contributed by atoms with Crippen molar-refractivity contribution in [3.8, 4) is 0 Å². The molecule has 1 aliphatic rings. The zero-order valence-corrected chi connectivity index (χ0v) is 14.3. The number of aryl methyl sites for hydroxylation is 1. The highest BCUT2D eigenvalue weighted by molar-refractivity contribution is 7.99. The minimum Gasteiger partial charge on any atom is -0.335 e. The van der Waals surface area contributed by atoms with Crippen molar-refractivity contribution in [1.29, 1.82) is 0 Å². The van der Waals surface area contributed by atoms with E-state index in [9.17, 15) is 4.79 Å². The van der Waals surface area contributed by atoms with Crippen molar-refractivity contribution in [1.82, 2.24) is 9.88 Å². The Morgan fingerprint density at radius 2 is 1.83 bits per heavy atom. The molecule has 1 saturated carbocycles. The smallest absolute Gasteiger partial charge is 0.233 e. The van der Waals surface area contributed by atoms with E-state index in [4.69, 9.17) is 0 Å². The van der Waals surface area contributed by atoms with Crippen LogP contribution in [0.15, 0.2) is 48.8 Å². The molecule has 23 heavy (non-hydrogen) atoms. The van der Waals surface area contributed by atoms with Gasteiger partial charge in [0.2, 0.25) is 5.91 Å². The Bertz CT molecular complexity index is 638. The second kappa shape index (κ2) is 7.64. The maximum absolute atomic E-state index is 12.6. The summed E-state index contributed by atoms with van der Waals surface area (Å²) in [4.78, 5) is 18.6. The Morgan fingerprint density at radius 3 is 2.48 bits per heavy atom. The number of thioether (sulfide) groups is 1. The van der Waals surface area contributed by atoms with Crippen molar-refractivity contribution in [2.24, 2.45) is 0 Å². The molecule has 4 heteroatoms. The van der Waals surface area contributed by atoms with Crippen molar-refractivity contribution in [3.05, 3.63) is 65.5 Å². The number of carbonyl (C=O) groups is 1. The van der Waals surface area contributed by atoms with Gasteiger partial charge in [0.05, 0.1) is 5.75 Å². The standard InChI is InChI=1S/C19H22N2OS/c1-15-2-4-17(5-3-15)13-23-14-19(22)21(18-6-7-18)12-16-8-10-20-11-9-16/h2-5,8-11,18H,6-7,12-14H2,1H3. The first-order chi connectivity index (χ1) is 11.2. The third-order valence-corrected chi connectivity index (χ3v) is 5.01. The predicted molar refractivity (Wildman–Crippen MR) is 95.2 cm³/mol. The first-order valence-corrected chi connectivity index (χ1v) is 9.19. The lowest BCUT2D eigenvalue weighted by Gasteiger charge is -2.22. The summed E-state index contributed by atoms with van der Waals surface area (Å²) < 4.78 is 0. The van der Waals surface area contributed by atoms with Crippen molar-refractivity contribution in [2.75, 3.05) is 5.75 Å². The van der Waals surface area contributed by atoms with Crippen molar-refractivity contribution < 1.29 is 4.79 Å². The lowest BCUT2D eigenvalue weighted by molar-refractivity contribution is -0.129. The highest BCUT2D eigenvalue weighted by Gasteiger charge is 2.32. The molecular formula is C19H22N2OS. The van der Waals surface area contributed by atoms with Gasteiger partial charge in [-0.25, -0.2) is 0 Å². The molecule has 1 aliphatic carbocycles. The SMILES string of the molecule is Cc1ccc(CSCC(=O)N(Cc2ccncc2)C2CC2)cc1. The second-order valence-electron chi connectivity index (χ2n) is 6.09. The van der Waals surface area contributed by atoms with Gasteiger partial charge < -0.3 is 4.90 Å². The van der Waals surface area contributed by atoms with Crippen molar-refractivity contribution in [3.63, 3.8) is 0 Å². The fraction of sp³-hybridized carbons (Fsp3) is 0.368. The van der Waals surface area contributed by atoms with Crippen LogP contribution in [0.1, 0.15) is 29.5 Å². The number of benzene rings is 1. The van der Waals surface area contributed by atoms with Crippen LogP contribution < -0.4 is 0 Å². The number of pyridine rings is 1. The van der Waals surface area contributed by atoms with Crippen molar-refractivity contribution >= 4 is 17.7 Å². The zero-order chi connectivity index (χ0) is 16.1. The zero-order valence-electron chi connectivity index (χ0n) is 13.4. The largest absolute Gasteiger partial charge is 0.335 e. The van der Waals surface area contributed by atoms with E-state index in [0.29, 0.717) is 18.3 Å². The van der Waals surface area contributed by atoms with Crippen LogP contribution in [0.3, 0.4) is 0 Å². The summed E-state index contributed by atoms with van der Waals surface area (Å²) in [7, 11) is 0. The summed E-state index contributed by atoms with van der Waals surface area (Å²) in [6.07, 6.45) is 5.85. The van der Waals surface area contributed by atoms with E-state index in [1.165, 1.54) is 11.1 Å². The first kappa shape index (κ1) is 16.1. The van der Waals surface area contributed by atoms with E-state index in [2.05, 4.69) is 36.2 Å². The molecule has 0 saturated heterocycles. The molecule has 0 aliphatic heterocycles. The van der Waals surface area contributed by atoms with Crippen LogP contribution in [0.2, 0.25) is 0 Å². The summed E-state index contributed by atoms with van der Waals surface area (Å²) in [5.41, 5.74) is 3.70. The van der Waals surface area contributed by atoms with Gasteiger partial charge in [0.15, 0.2) is 0 Å². The summed E-state index contributed by atoms with van der Waals surface area (Å²) in [5, 5.41) is 0. The van der Waals surface area contributed by atoms with E-state index in [-0.39, 0.29) is 5.91 Å². The molecule has 0 N–H and O–H groups in total. The molecule has 0 radical (unpaired) electrons. The Labute approximate surface area is 142 Å². The van der Waals surface area contributed by atoms with Crippen LogP contribution in [0.4, 0.5) is 0 Å². The number of nitrogens with zero attached hydrogens (tertiary/aromatic N) is 2. The number of hydrogen-bond acceptors (Lipinski definition) is 3. The minimum atomic E-state index is 0.251. The molecule has 1 fully saturated rings.